The molecule has 0 saturated carbocycles. The Kier molecular flexibility index (Phi) is 4.80. The largest absolute Gasteiger partial charge is 0.455 e. The lowest BCUT2D eigenvalue weighted by atomic mass is 10.2. The number of imidazole rings is 1. The number of aromatic amines is 1. The molecule has 5 rings (SSSR count). The normalized spacial score (nSPS) is 15.9. The number of nitrogens with one attached hydrogen (secondary N) is 1. The van der Waals surface area contributed by atoms with Gasteiger partial charge in [-0.3, -0.25) is 0 Å². The number of thioether (sulfide) groups is 1. The number of hydrogen-bond donors (Lipinski definition) is 1. The Morgan fingerprint density at radius 1 is 1.10 bits per heavy atom. The number of para-hydroxylation sites is 1. The van der Waals surface area contributed by atoms with Gasteiger partial charge in [-0.15, -0.1) is 5.10 Å². The Morgan fingerprint density at radius 3 is 2.73 bits per heavy atom. The van der Waals surface area contributed by atoms with Gasteiger partial charge >= 0.3 is 0 Å². The second-order valence-electron chi connectivity index (χ2n) is 6.99. The highest BCUT2D eigenvalue weighted by atomic mass is 32.2. The van der Waals surface area contributed by atoms with Crippen LogP contribution in [0.1, 0.15) is 24.1 Å². The smallest absolute Gasteiger partial charge is 0.209 e. The number of nitrogens with zero attached hydrogens (tertiary/aromatic N) is 4. The standard InChI is InChI=1S/C23H19N5OS/c1-14-21(26-22(24-14)16-8-4-3-5-9-16)15(2)27-28-23-25-18(13-30-23)20-12-17-10-6-7-11-19(17)29-20/h3-12H,13H2,1-2H3,(H,24,26)/b27-15+,28-23-. The van der Waals surface area contributed by atoms with Gasteiger partial charge in [0.15, 0.2) is 5.76 Å². The zero-order valence-electron chi connectivity index (χ0n) is 16.6. The molecule has 0 atom stereocenters. The minimum Gasteiger partial charge on any atom is -0.455 e. The average Bonchev–Trinajstić information content (AvgIpc) is 3.50. The van der Waals surface area contributed by atoms with E-state index in [1.807, 2.05) is 74.5 Å². The van der Waals surface area contributed by atoms with E-state index < -0.39 is 0 Å². The van der Waals surface area contributed by atoms with Crippen molar-refractivity contribution in [3.63, 3.8) is 0 Å². The molecule has 4 aromatic rings. The number of rotatable bonds is 4. The third-order valence-electron chi connectivity index (χ3n) is 4.84. The van der Waals surface area contributed by atoms with Gasteiger partial charge in [0.25, 0.3) is 0 Å². The topological polar surface area (TPSA) is 78.9 Å². The molecule has 30 heavy (non-hydrogen) atoms. The lowest BCUT2D eigenvalue weighted by molar-refractivity contribution is 0.605. The van der Waals surface area contributed by atoms with E-state index in [1.54, 1.807) is 11.8 Å². The van der Waals surface area contributed by atoms with Crippen molar-refractivity contribution < 1.29 is 4.42 Å². The summed E-state index contributed by atoms with van der Waals surface area (Å²) in [7, 11) is 0. The van der Waals surface area contributed by atoms with Gasteiger partial charge in [0, 0.05) is 22.4 Å². The number of amidine groups is 1. The molecule has 0 bridgehead atoms. The van der Waals surface area contributed by atoms with E-state index in [0.29, 0.717) is 10.9 Å². The lowest BCUT2D eigenvalue weighted by Crippen LogP contribution is -1.97. The molecule has 1 aliphatic heterocycles. The number of hydrogen-bond acceptors (Lipinski definition) is 5. The number of benzene rings is 2. The Morgan fingerprint density at radius 2 is 1.90 bits per heavy atom. The van der Waals surface area contributed by atoms with Crippen LogP contribution in [0.15, 0.2) is 80.3 Å². The Labute approximate surface area is 177 Å². The van der Waals surface area contributed by atoms with Gasteiger partial charge in [-0.1, -0.05) is 60.3 Å². The summed E-state index contributed by atoms with van der Waals surface area (Å²) in [5.74, 6) is 2.32. The molecule has 1 aliphatic rings. The molecule has 2 aromatic heterocycles. The molecule has 7 heteroatoms. The van der Waals surface area contributed by atoms with Gasteiger partial charge in [-0.2, -0.15) is 5.10 Å². The fourth-order valence-electron chi connectivity index (χ4n) is 3.32. The van der Waals surface area contributed by atoms with E-state index in [4.69, 9.17) is 9.40 Å². The second kappa shape index (κ2) is 7.76. The summed E-state index contributed by atoms with van der Waals surface area (Å²) in [6.45, 7) is 3.90. The quantitative estimate of drug-likeness (QED) is 0.357. The lowest BCUT2D eigenvalue weighted by Gasteiger charge is -1.95. The Bertz CT molecular complexity index is 1280. The van der Waals surface area contributed by atoms with Crippen LogP contribution in [0, 0.1) is 6.92 Å². The average molecular weight is 414 g/mol. The van der Waals surface area contributed by atoms with Crippen LogP contribution < -0.4 is 0 Å². The van der Waals surface area contributed by atoms with E-state index in [0.717, 1.165) is 50.9 Å². The van der Waals surface area contributed by atoms with Crippen molar-refractivity contribution in [3.8, 4) is 11.4 Å². The first kappa shape index (κ1) is 18.6. The Balaban J connectivity index is 1.38. The van der Waals surface area contributed by atoms with Crippen LogP contribution >= 0.6 is 11.8 Å². The molecular formula is C23H19N5OS. The molecule has 0 amide bonds. The number of aliphatic imine (C=N–C) groups is 1. The van der Waals surface area contributed by atoms with E-state index >= 15 is 0 Å². The third-order valence-corrected chi connectivity index (χ3v) is 5.69. The van der Waals surface area contributed by atoms with E-state index in [9.17, 15) is 0 Å². The highest BCUT2D eigenvalue weighted by Crippen LogP contribution is 2.25. The summed E-state index contributed by atoms with van der Waals surface area (Å²) in [6, 6.07) is 20.0. The summed E-state index contributed by atoms with van der Waals surface area (Å²) in [5.41, 5.74) is 5.29. The number of aromatic nitrogens is 2. The highest BCUT2D eigenvalue weighted by molar-refractivity contribution is 8.15. The number of H-pyrrole nitrogens is 1. The van der Waals surface area contributed by atoms with Gasteiger partial charge in [0.2, 0.25) is 5.17 Å². The first-order valence-corrected chi connectivity index (χ1v) is 10.6. The van der Waals surface area contributed by atoms with E-state index in [-0.39, 0.29) is 0 Å². The SMILES string of the molecule is C/C(=N\N=C1\N=C(c2cc3ccccc3o2)CS1)c1nc(-c2ccccc2)[nH]c1C. The second-order valence-corrected chi connectivity index (χ2v) is 7.93. The third kappa shape index (κ3) is 3.59. The van der Waals surface area contributed by atoms with Gasteiger partial charge in [-0.25, -0.2) is 9.98 Å². The fraction of sp³-hybridized carbons (Fsp3) is 0.130. The molecule has 0 unspecified atom stereocenters. The molecule has 0 fully saturated rings. The summed E-state index contributed by atoms with van der Waals surface area (Å²) in [6.07, 6.45) is 0. The zero-order chi connectivity index (χ0) is 20.5. The summed E-state index contributed by atoms with van der Waals surface area (Å²) in [4.78, 5) is 12.6. The number of aryl methyl sites for hydroxylation is 1. The molecule has 0 spiro atoms. The van der Waals surface area contributed by atoms with Crippen LogP contribution in [-0.2, 0) is 0 Å². The van der Waals surface area contributed by atoms with Gasteiger partial charge in [-0.05, 0) is 26.0 Å². The monoisotopic (exact) mass is 413 g/mol. The van der Waals surface area contributed by atoms with Crippen molar-refractivity contribution in [1.29, 1.82) is 0 Å². The highest BCUT2D eigenvalue weighted by Gasteiger charge is 2.19. The minimum absolute atomic E-state index is 0.626. The van der Waals surface area contributed by atoms with Crippen LogP contribution in [0.3, 0.4) is 0 Å². The molecule has 0 radical (unpaired) electrons. The van der Waals surface area contributed by atoms with Crippen LogP contribution in [0.2, 0.25) is 0 Å². The molecule has 3 heterocycles. The van der Waals surface area contributed by atoms with Crippen molar-refractivity contribution in [1.82, 2.24) is 9.97 Å². The maximum Gasteiger partial charge on any atom is 0.209 e. The summed E-state index contributed by atoms with van der Waals surface area (Å²) < 4.78 is 5.91. The van der Waals surface area contributed by atoms with Gasteiger partial charge in [0.1, 0.15) is 17.1 Å². The Hall–Kier alpha value is -3.45. The van der Waals surface area contributed by atoms with Crippen LogP contribution in [0.5, 0.6) is 0 Å². The summed E-state index contributed by atoms with van der Waals surface area (Å²) in [5, 5.41) is 10.4. The number of furan rings is 1. The maximum atomic E-state index is 5.91. The van der Waals surface area contributed by atoms with Crippen molar-refractivity contribution in [2.75, 3.05) is 5.75 Å². The minimum atomic E-state index is 0.626. The summed E-state index contributed by atoms with van der Waals surface area (Å²) >= 11 is 1.55. The van der Waals surface area contributed by atoms with E-state index in [1.165, 1.54) is 0 Å². The molecular weight excluding hydrogens is 394 g/mol. The van der Waals surface area contributed by atoms with Crippen LogP contribution in [-0.4, -0.2) is 32.3 Å². The first-order chi connectivity index (χ1) is 14.7. The zero-order valence-corrected chi connectivity index (χ0v) is 17.4. The van der Waals surface area contributed by atoms with Crippen molar-refractivity contribution >= 4 is 39.3 Å². The predicted molar refractivity (Wildman–Crippen MR) is 124 cm³/mol. The molecule has 0 aliphatic carbocycles. The maximum absolute atomic E-state index is 5.91. The molecule has 148 valence electrons. The van der Waals surface area contributed by atoms with Crippen LogP contribution in [0.25, 0.3) is 22.4 Å². The van der Waals surface area contributed by atoms with E-state index in [2.05, 4.69) is 20.2 Å². The van der Waals surface area contributed by atoms with Crippen molar-refractivity contribution in [3.05, 3.63) is 77.8 Å². The molecule has 0 saturated heterocycles. The molecule has 6 nitrogen and oxygen atoms in total. The first-order valence-electron chi connectivity index (χ1n) is 9.61. The number of fused-ring (bicyclic) bond motifs is 1. The predicted octanol–water partition coefficient (Wildman–Crippen LogP) is 5.45. The fourth-order valence-corrected chi connectivity index (χ4v) is 4.07. The van der Waals surface area contributed by atoms with Crippen LogP contribution in [0.4, 0.5) is 0 Å². The molecule has 2 aromatic carbocycles. The van der Waals surface area contributed by atoms with Gasteiger partial charge in [0.05, 0.1) is 11.4 Å². The van der Waals surface area contributed by atoms with Crippen molar-refractivity contribution in [2.45, 2.75) is 13.8 Å². The van der Waals surface area contributed by atoms with Crippen molar-refractivity contribution in [2.24, 2.45) is 15.2 Å². The van der Waals surface area contributed by atoms with Gasteiger partial charge < -0.3 is 9.40 Å². The molecule has 1 N–H and O–H groups in total.